The van der Waals surface area contributed by atoms with Crippen LogP contribution < -0.4 is 14.8 Å². The first kappa shape index (κ1) is 27.8. The number of piperidine rings is 3. The third kappa shape index (κ3) is 6.18. The van der Waals surface area contributed by atoms with E-state index in [9.17, 15) is 23.1 Å². The smallest absolute Gasteiger partial charge is 0.496 e. The minimum Gasteiger partial charge on any atom is -0.496 e. The Morgan fingerprint density at radius 2 is 1.70 bits per heavy atom. The number of carbonyl (C=O) groups is 1. The molecule has 0 spiro atoms. The number of alkyl halides is 3. The summed E-state index contributed by atoms with van der Waals surface area (Å²) in [6.45, 7) is 0.893. The zero-order chi connectivity index (χ0) is 28.3. The molecule has 0 aromatic heterocycles. The van der Waals surface area contributed by atoms with Crippen molar-refractivity contribution in [2.75, 3.05) is 13.7 Å². The molecule has 0 saturated carbocycles. The fraction of sp³-hybridized carbons (Fsp3) is 0.367. The van der Waals surface area contributed by atoms with Crippen molar-refractivity contribution >= 4 is 6.16 Å². The number of hydrogen-bond donors (Lipinski definition) is 2. The van der Waals surface area contributed by atoms with Crippen LogP contribution in [0.3, 0.4) is 0 Å². The van der Waals surface area contributed by atoms with Crippen LogP contribution in [0.25, 0.3) is 0 Å². The van der Waals surface area contributed by atoms with Crippen LogP contribution in [0.2, 0.25) is 0 Å². The summed E-state index contributed by atoms with van der Waals surface area (Å²) in [4.78, 5) is 13.7. The number of fused-ring (bicyclic) bond motifs is 3. The molecule has 0 amide bonds. The molecule has 3 aromatic carbocycles. The number of halogens is 3. The van der Waals surface area contributed by atoms with Crippen molar-refractivity contribution in [3.05, 3.63) is 95.6 Å². The fourth-order valence-corrected chi connectivity index (χ4v) is 6.27. The minimum atomic E-state index is -4.81. The van der Waals surface area contributed by atoms with E-state index in [0.717, 1.165) is 17.5 Å². The third-order valence-electron chi connectivity index (χ3n) is 7.80. The lowest BCUT2D eigenvalue weighted by Crippen LogP contribution is -2.68. The van der Waals surface area contributed by atoms with Gasteiger partial charge in [-0.1, -0.05) is 60.7 Å². The number of nitrogens with one attached hydrogen (secondary N) is 1. The summed E-state index contributed by atoms with van der Waals surface area (Å²) in [5.74, 6) is 0.0751. The predicted molar refractivity (Wildman–Crippen MR) is 141 cm³/mol. The molecule has 40 heavy (non-hydrogen) atoms. The van der Waals surface area contributed by atoms with Gasteiger partial charge >= 0.3 is 12.5 Å². The molecule has 212 valence electrons. The van der Waals surface area contributed by atoms with E-state index in [2.05, 4.69) is 39.2 Å². The van der Waals surface area contributed by atoms with Gasteiger partial charge in [-0.15, -0.1) is 13.2 Å². The summed E-state index contributed by atoms with van der Waals surface area (Å²) < 4.78 is 53.6. The molecule has 3 saturated heterocycles. The molecule has 2 unspecified atom stereocenters. The molecular weight excluding hydrogens is 525 g/mol. The summed E-state index contributed by atoms with van der Waals surface area (Å²) in [6.07, 6.45) is -5.36. The molecule has 0 aliphatic carbocycles. The van der Waals surface area contributed by atoms with E-state index in [1.807, 2.05) is 36.4 Å². The third-order valence-corrected chi connectivity index (χ3v) is 7.80. The van der Waals surface area contributed by atoms with Gasteiger partial charge in [0.2, 0.25) is 0 Å². The summed E-state index contributed by atoms with van der Waals surface area (Å²) in [6, 6.07) is 23.8. The Bertz CT molecular complexity index is 1250. The summed E-state index contributed by atoms with van der Waals surface area (Å²) in [5.41, 5.74) is 2.67. The highest BCUT2D eigenvalue weighted by molar-refractivity contribution is 5.57. The number of nitrogens with zero attached hydrogens (tertiary/aromatic N) is 1. The Labute approximate surface area is 230 Å². The lowest BCUT2D eigenvalue weighted by Gasteiger charge is -2.56. The van der Waals surface area contributed by atoms with Gasteiger partial charge in [-0.05, 0) is 41.7 Å². The molecule has 3 heterocycles. The molecule has 3 aromatic rings. The zero-order valence-electron chi connectivity index (χ0n) is 21.9. The molecule has 3 aliphatic rings. The van der Waals surface area contributed by atoms with Crippen LogP contribution in [0.5, 0.6) is 11.5 Å². The molecule has 5 atom stereocenters. The maximum atomic E-state index is 12.9. The number of rotatable bonds is 9. The quantitative estimate of drug-likeness (QED) is 0.313. The predicted octanol–water partition coefficient (Wildman–Crippen LogP) is 6.00. The number of carboxylic acid groups (broad SMARTS) is 1. The second-order valence-electron chi connectivity index (χ2n) is 10.1. The van der Waals surface area contributed by atoms with Gasteiger partial charge in [-0.3, -0.25) is 4.90 Å². The average Bonchev–Trinajstić information content (AvgIpc) is 2.93. The van der Waals surface area contributed by atoms with Gasteiger partial charge in [-0.2, -0.15) is 0 Å². The van der Waals surface area contributed by atoms with Crippen LogP contribution in [0.4, 0.5) is 18.0 Å². The van der Waals surface area contributed by atoms with Gasteiger partial charge in [-0.25, -0.2) is 4.79 Å². The van der Waals surface area contributed by atoms with Crippen molar-refractivity contribution in [3.63, 3.8) is 0 Å². The van der Waals surface area contributed by atoms with Crippen molar-refractivity contribution in [3.8, 4) is 11.5 Å². The molecule has 0 radical (unpaired) electrons. The van der Waals surface area contributed by atoms with Crippen LogP contribution in [-0.2, 0) is 11.3 Å². The van der Waals surface area contributed by atoms with E-state index in [0.29, 0.717) is 24.3 Å². The lowest BCUT2D eigenvalue weighted by molar-refractivity contribution is -0.274. The van der Waals surface area contributed by atoms with Crippen molar-refractivity contribution in [1.82, 2.24) is 10.2 Å². The highest BCUT2D eigenvalue weighted by atomic mass is 19.4. The monoisotopic (exact) mass is 556 g/mol. The largest absolute Gasteiger partial charge is 0.573 e. The second kappa shape index (κ2) is 11.8. The molecule has 3 fully saturated rings. The summed E-state index contributed by atoms with van der Waals surface area (Å²) in [5, 5.41) is 13.1. The highest BCUT2D eigenvalue weighted by Gasteiger charge is 2.51. The standard InChI is InChI=1S/C30H31F3N2O5/c1-38-24-13-12-23(40-30(31,32)33)16-22(24)18-34-27-21-14-15-35(25(17-21)39-29(36)37)28(27)26(19-8-4-2-5-9-19)20-10-6-3-7-11-20/h2-13,16,21,25-28,34H,14-15,17-18H2,1H3,(H,36,37)/t21-,25?,27-,28-/m0/s1. The molecule has 10 heteroatoms. The van der Waals surface area contributed by atoms with Crippen LogP contribution >= 0.6 is 0 Å². The van der Waals surface area contributed by atoms with Gasteiger partial charge in [0, 0.05) is 43.1 Å². The minimum absolute atomic E-state index is 0.0786. The van der Waals surface area contributed by atoms with Gasteiger partial charge < -0.3 is 24.6 Å². The molecule has 3 aliphatic heterocycles. The Morgan fingerprint density at radius 1 is 1.05 bits per heavy atom. The maximum Gasteiger partial charge on any atom is 0.573 e. The number of hydrogen-bond acceptors (Lipinski definition) is 6. The van der Waals surface area contributed by atoms with E-state index in [4.69, 9.17) is 9.47 Å². The van der Waals surface area contributed by atoms with Crippen LogP contribution in [0, 0.1) is 5.92 Å². The van der Waals surface area contributed by atoms with Gasteiger partial charge in [0.25, 0.3) is 0 Å². The normalized spacial score (nSPS) is 24.1. The topological polar surface area (TPSA) is 80.3 Å². The van der Waals surface area contributed by atoms with Crippen molar-refractivity contribution < 1.29 is 37.3 Å². The maximum absolute atomic E-state index is 12.9. The van der Waals surface area contributed by atoms with Crippen molar-refractivity contribution in [1.29, 1.82) is 0 Å². The van der Waals surface area contributed by atoms with E-state index in [1.54, 1.807) is 0 Å². The lowest BCUT2D eigenvalue weighted by atomic mass is 9.70. The SMILES string of the molecule is COc1ccc(OC(F)(F)F)cc1CN[C@H]1[C@H]2CCN(C(OC(=O)O)C2)[C@H]1C(c1ccccc1)c1ccccc1. The van der Waals surface area contributed by atoms with E-state index in [-0.39, 0.29) is 36.2 Å². The Balaban J connectivity index is 1.51. The Hall–Kier alpha value is -3.76. The second-order valence-corrected chi connectivity index (χ2v) is 10.1. The average molecular weight is 557 g/mol. The number of methoxy groups -OCH3 is 1. The van der Waals surface area contributed by atoms with Gasteiger partial charge in [0.15, 0.2) is 6.23 Å². The first-order valence-corrected chi connectivity index (χ1v) is 13.1. The first-order valence-electron chi connectivity index (χ1n) is 13.1. The zero-order valence-corrected chi connectivity index (χ0v) is 21.9. The molecule has 7 nitrogen and oxygen atoms in total. The Kier molecular flexibility index (Phi) is 8.18. The number of ether oxygens (including phenoxy) is 3. The van der Waals surface area contributed by atoms with Crippen LogP contribution in [-0.4, -0.2) is 54.5 Å². The highest BCUT2D eigenvalue weighted by Crippen LogP contribution is 2.45. The van der Waals surface area contributed by atoms with Crippen LogP contribution in [0.15, 0.2) is 78.9 Å². The van der Waals surface area contributed by atoms with E-state index < -0.39 is 18.7 Å². The summed E-state index contributed by atoms with van der Waals surface area (Å²) >= 11 is 0. The summed E-state index contributed by atoms with van der Waals surface area (Å²) in [7, 11) is 1.47. The van der Waals surface area contributed by atoms with E-state index >= 15 is 0 Å². The Morgan fingerprint density at radius 3 is 2.27 bits per heavy atom. The van der Waals surface area contributed by atoms with Crippen molar-refractivity contribution in [2.45, 2.75) is 50.0 Å². The molecule has 2 bridgehead atoms. The van der Waals surface area contributed by atoms with Gasteiger partial charge in [0.05, 0.1) is 7.11 Å². The first-order chi connectivity index (χ1) is 19.2. The van der Waals surface area contributed by atoms with E-state index in [1.165, 1.54) is 25.3 Å². The molecule has 2 N–H and O–H groups in total. The molecule has 6 rings (SSSR count). The van der Waals surface area contributed by atoms with Crippen molar-refractivity contribution in [2.24, 2.45) is 5.92 Å². The van der Waals surface area contributed by atoms with Crippen LogP contribution in [0.1, 0.15) is 35.4 Å². The molecular formula is C30H31F3N2O5. The number of benzene rings is 3. The van der Waals surface area contributed by atoms with Gasteiger partial charge in [0.1, 0.15) is 11.5 Å². The fourth-order valence-electron chi connectivity index (χ4n) is 6.27.